The Balaban J connectivity index is 1.28. The number of benzene rings is 1. The van der Waals surface area contributed by atoms with Gasteiger partial charge in [0.05, 0.1) is 6.04 Å². The lowest BCUT2D eigenvalue weighted by Crippen LogP contribution is -2.50. The fourth-order valence-corrected chi connectivity index (χ4v) is 5.38. The molecule has 2 fully saturated rings. The van der Waals surface area contributed by atoms with Crippen molar-refractivity contribution in [1.29, 1.82) is 5.26 Å². The number of ether oxygens (including phenoxy) is 1. The van der Waals surface area contributed by atoms with Gasteiger partial charge in [-0.1, -0.05) is 6.08 Å². The van der Waals surface area contributed by atoms with Crippen molar-refractivity contribution in [2.45, 2.75) is 50.6 Å². The smallest absolute Gasteiger partial charge is 0.140 e. The molecule has 0 bridgehead atoms. The molecule has 7 heteroatoms. The summed E-state index contributed by atoms with van der Waals surface area (Å²) in [5.74, 6) is 2.13. The maximum atomic E-state index is 9.84. The van der Waals surface area contributed by atoms with Crippen LogP contribution < -0.4 is 10.5 Å². The Morgan fingerprint density at radius 1 is 1.00 bits per heavy atom. The van der Waals surface area contributed by atoms with Crippen molar-refractivity contribution in [3.8, 4) is 23.1 Å². The van der Waals surface area contributed by atoms with Crippen LogP contribution in [-0.4, -0.2) is 58.8 Å². The summed E-state index contributed by atoms with van der Waals surface area (Å²) in [6.07, 6.45) is 12.7. The molecule has 1 aliphatic heterocycles. The number of nitriles is 1. The molecule has 2 aliphatic carbocycles. The minimum Gasteiger partial charge on any atom is -0.458 e. The predicted octanol–water partition coefficient (Wildman–Crippen LogP) is 4.35. The molecule has 3 aliphatic rings. The first-order valence-corrected chi connectivity index (χ1v) is 12.5. The quantitative estimate of drug-likeness (QED) is 0.717. The second-order valence-electron chi connectivity index (χ2n) is 9.68. The number of hydrogen-bond donors (Lipinski definition) is 1. The van der Waals surface area contributed by atoms with Crippen LogP contribution >= 0.6 is 0 Å². The van der Waals surface area contributed by atoms with Gasteiger partial charge in [-0.2, -0.15) is 10.4 Å². The SMILES string of the molecule is CN1CCN(C2CCC(n3nc(-c4ccc(OC5=CCCC=C5)cc4)c(C#N)c3N)CC2)CC1. The van der Waals surface area contributed by atoms with Crippen LogP contribution in [-0.2, 0) is 0 Å². The number of nitrogens with zero attached hydrogens (tertiary/aromatic N) is 5. The number of hydrogen-bond acceptors (Lipinski definition) is 6. The van der Waals surface area contributed by atoms with E-state index in [-0.39, 0.29) is 6.04 Å². The average molecular weight is 459 g/mol. The number of allylic oxidation sites excluding steroid dienone is 3. The van der Waals surface area contributed by atoms with Crippen LogP contribution in [0, 0.1) is 11.3 Å². The first-order valence-electron chi connectivity index (χ1n) is 12.5. The maximum Gasteiger partial charge on any atom is 0.140 e. The summed E-state index contributed by atoms with van der Waals surface area (Å²) >= 11 is 0. The molecular weight excluding hydrogens is 424 g/mol. The molecule has 2 heterocycles. The highest BCUT2D eigenvalue weighted by Crippen LogP contribution is 2.36. The zero-order chi connectivity index (χ0) is 23.5. The molecule has 1 saturated carbocycles. The summed E-state index contributed by atoms with van der Waals surface area (Å²) in [5.41, 5.74) is 8.46. The topological polar surface area (TPSA) is 83.3 Å². The van der Waals surface area contributed by atoms with Crippen molar-refractivity contribution in [2.75, 3.05) is 39.0 Å². The van der Waals surface area contributed by atoms with Crippen molar-refractivity contribution in [1.82, 2.24) is 19.6 Å². The molecule has 34 heavy (non-hydrogen) atoms. The third-order valence-corrected chi connectivity index (χ3v) is 7.45. The monoisotopic (exact) mass is 458 g/mol. The standard InChI is InChI=1S/C27H34N6O/c1-31-15-17-32(18-16-31)21-9-11-22(12-10-21)33-27(29)25(19-28)26(30-33)20-7-13-24(14-8-20)34-23-5-3-2-4-6-23/h3,5-8,13-14,21-22H,2,4,9-12,15-18,29H2,1H3. The molecule has 0 radical (unpaired) electrons. The number of anilines is 1. The van der Waals surface area contributed by atoms with E-state index in [4.69, 9.17) is 15.6 Å². The van der Waals surface area contributed by atoms with Gasteiger partial charge in [0.15, 0.2) is 0 Å². The van der Waals surface area contributed by atoms with E-state index < -0.39 is 0 Å². The van der Waals surface area contributed by atoms with E-state index in [1.165, 1.54) is 0 Å². The van der Waals surface area contributed by atoms with E-state index in [1.54, 1.807) is 0 Å². The Labute approximate surface area is 202 Å². The van der Waals surface area contributed by atoms with Crippen LogP contribution in [0.4, 0.5) is 5.82 Å². The molecule has 1 aromatic carbocycles. The number of aromatic nitrogens is 2. The molecule has 0 atom stereocenters. The first kappa shape index (κ1) is 22.7. The minimum atomic E-state index is 0.247. The average Bonchev–Trinajstić information content (AvgIpc) is 3.22. The third kappa shape index (κ3) is 4.75. The number of piperazine rings is 1. The van der Waals surface area contributed by atoms with Gasteiger partial charge < -0.3 is 15.4 Å². The molecule has 5 rings (SSSR count). The summed E-state index contributed by atoms with van der Waals surface area (Å²) in [6.45, 7) is 4.62. The van der Waals surface area contributed by atoms with Gasteiger partial charge in [-0.3, -0.25) is 4.90 Å². The Kier molecular flexibility index (Phi) is 6.70. The summed E-state index contributed by atoms with van der Waals surface area (Å²) in [7, 11) is 2.20. The fraction of sp³-hybridized carbons (Fsp3) is 0.481. The van der Waals surface area contributed by atoms with Gasteiger partial charge in [0.25, 0.3) is 0 Å². The predicted molar refractivity (Wildman–Crippen MR) is 134 cm³/mol. The second kappa shape index (κ2) is 10.0. The molecule has 1 saturated heterocycles. The van der Waals surface area contributed by atoms with Crippen LogP contribution in [0.1, 0.15) is 50.1 Å². The van der Waals surface area contributed by atoms with Gasteiger partial charge in [-0.25, -0.2) is 4.68 Å². The highest BCUT2D eigenvalue weighted by Gasteiger charge is 2.30. The largest absolute Gasteiger partial charge is 0.458 e. The van der Waals surface area contributed by atoms with E-state index in [2.05, 4.69) is 35.1 Å². The summed E-state index contributed by atoms with van der Waals surface area (Å²) < 4.78 is 7.86. The van der Waals surface area contributed by atoms with E-state index in [9.17, 15) is 5.26 Å². The summed E-state index contributed by atoms with van der Waals surface area (Å²) in [4.78, 5) is 5.05. The van der Waals surface area contributed by atoms with Crippen LogP contribution in [0.3, 0.4) is 0 Å². The van der Waals surface area contributed by atoms with Crippen LogP contribution in [0.2, 0.25) is 0 Å². The number of nitrogens with two attached hydrogens (primary N) is 1. The van der Waals surface area contributed by atoms with Crippen molar-refractivity contribution in [3.63, 3.8) is 0 Å². The van der Waals surface area contributed by atoms with E-state index in [0.717, 1.165) is 81.8 Å². The third-order valence-electron chi connectivity index (χ3n) is 7.45. The zero-order valence-electron chi connectivity index (χ0n) is 20.0. The van der Waals surface area contributed by atoms with Gasteiger partial charge in [0, 0.05) is 37.8 Å². The van der Waals surface area contributed by atoms with Gasteiger partial charge in [0.2, 0.25) is 0 Å². The molecule has 0 amide bonds. The summed E-state index contributed by atoms with van der Waals surface area (Å²) in [6, 6.07) is 11.0. The minimum absolute atomic E-state index is 0.247. The molecule has 0 unspecified atom stereocenters. The molecule has 2 aromatic rings. The molecule has 2 N–H and O–H groups in total. The normalized spacial score (nSPS) is 23.9. The number of rotatable bonds is 5. The van der Waals surface area contributed by atoms with Gasteiger partial charge in [-0.05, 0) is 82.0 Å². The van der Waals surface area contributed by atoms with Crippen LogP contribution in [0.15, 0.2) is 48.3 Å². The first-order chi connectivity index (χ1) is 16.6. The van der Waals surface area contributed by atoms with Crippen molar-refractivity contribution >= 4 is 5.82 Å². The molecule has 178 valence electrons. The number of likely N-dealkylation sites (N-methyl/N-ethyl adjacent to an activating group) is 1. The van der Waals surface area contributed by atoms with E-state index in [1.807, 2.05) is 35.0 Å². The Morgan fingerprint density at radius 3 is 2.35 bits per heavy atom. The van der Waals surface area contributed by atoms with Crippen molar-refractivity contribution in [3.05, 3.63) is 53.8 Å². The highest BCUT2D eigenvalue weighted by molar-refractivity contribution is 5.73. The lowest BCUT2D eigenvalue weighted by atomic mass is 9.90. The summed E-state index contributed by atoms with van der Waals surface area (Å²) in [5, 5.41) is 14.7. The van der Waals surface area contributed by atoms with E-state index >= 15 is 0 Å². The van der Waals surface area contributed by atoms with Gasteiger partial charge in [0.1, 0.15) is 34.7 Å². The van der Waals surface area contributed by atoms with Crippen LogP contribution in [0.5, 0.6) is 5.75 Å². The molecule has 7 nitrogen and oxygen atoms in total. The lowest BCUT2D eigenvalue weighted by Gasteiger charge is -2.41. The highest BCUT2D eigenvalue weighted by atomic mass is 16.5. The van der Waals surface area contributed by atoms with Crippen molar-refractivity contribution < 1.29 is 4.74 Å². The molecule has 1 aromatic heterocycles. The van der Waals surface area contributed by atoms with E-state index in [0.29, 0.717) is 23.1 Å². The van der Waals surface area contributed by atoms with Gasteiger partial charge >= 0.3 is 0 Å². The molecule has 0 spiro atoms. The fourth-order valence-electron chi connectivity index (χ4n) is 5.38. The van der Waals surface area contributed by atoms with Crippen molar-refractivity contribution in [2.24, 2.45) is 0 Å². The molecular formula is C27H34N6O. The number of nitrogen functional groups attached to an aromatic ring is 1. The van der Waals surface area contributed by atoms with Gasteiger partial charge in [-0.15, -0.1) is 0 Å². The van der Waals surface area contributed by atoms with Crippen LogP contribution in [0.25, 0.3) is 11.3 Å². The Bertz CT molecular complexity index is 1090. The Morgan fingerprint density at radius 2 is 1.71 bits per heavy atom. The zero-order valence-corrected chi connectivity index (χ0v) is 20.0. The maximum absolute atomic E-state index is 9.84. The lowest BCUT2D eigenvalue weighted by molar-refractivity contribution is 0.0813. The second-order valence-corrected chi connectivity index (χ2v) is 9.68. The Hall–Kier alpha value is -3.08.